The first-order valence-electron chi connectivity index (χ1n) is 27.9. The first kappa shape index (κ1) is 45.4. The SMILES string of the molecule is c1cc(C2CCCCC2)cc(N(c2ccc(C3(c4ccc(N(c5cccc(C6CCCCC6)c5)c5cccc(C6CCCCC6)c5)cc4)CCCCC3)cc2)c2cccc(C3CCCCC3)c2)c1. The van der Waals surface area contributed by atoms with Crippen LogP contribution in [0.1, 0.15) is 218 Å². The quantitative estimate of drug-likeness (QED) is 0.121. The van der Waals surface area contributed by atoms with Crippen molar-refractivity contribution in [2.24, 2.45) is 0 Å². The van der Waals surface area contributed by atoms with Crippen LogP contribution in [0, 0.1) is 0 Å². The summed E-state index contributed by atoms with van der Waals surface area (Å²) in [5, 5.41) is 0. The van der Waals surface area contributed by atoms with Crippen molar-refractivity contribution in [3.05, 3.63) is 179 Å². The van der Waals surface area contributed by atoms with Crippen LogP contribution >= 0.6 is 0 Å². The lowest BCUT2D eigenvalue weighted by Crippen LogP contribution is -2.30. The second-order valence-electron chi connectivity index (χ2n) is 22.1. The van der Waals surface area contributed by atoms with Crippen LogP contribution in [0.15, 0.2) is 146 Å². The van der Waals surface area contributed by atoms with E-state index < -0.39 is 0 Å². The molecule has 0 unspecified atom stereocenters. The van der Waals surface area contributed by atoms with Gasteiger partial charge in [0.05, 0.1) is 0 Å². The molecule has 2 heteroatoms. The van der Waals surface area contributed by atoms with E-state index in [0.717, 1.165) is 0 Å². The normalized spacial score (nSPS) is 19.9. The highest BCUT2D eigenvalue weighted by atomic mass is 15.1. The predicted octanol–water partition coefficient (Wildman–Crippen LogP) is 20.1. The molecule has 2 nitrogen and oxygen atoms in total. The molecule has 0 N–H and O–H groups in total. The summed E-state index contributed by atoms with van der Waals surface area (Å²) >= 11 is 0. The van der Waals surface area contributed by atoms with Gasteiger partial charge in [0.2, 0.25) is 0 Å². The van der Waals surface area contributed by atoms with Crippen molar-refractivity contribution in [3.8, 4) is 0 Å². The second-order valence-corrected chi connectivity index (χ2v) is 22.1. The van der Waals surface area contributed by atoms with E-state index >= 15 is 0 Å². The first-order valence-corrected chi connectivity index (χ1v) is 27.9. The molecule has 0 aromatic heterocycles. The molecule has 0 saturated heterocycles. The molecule has 0 amide bonds. The third-order valence-electron chi connectivity index (χ3n) is 17.9. The molecule has 5 aliphatic rings. The van der Waals surface area contributed by atoms with Gasteiger partial charge in [-0.1, -0.05) is 169 Å². The molecule has 6 aromatic rings. The van der Waals surface area contributed by atoms with Crippen LogP contribution in [-0.4, -0.2) is 0 Å². The van der Waals surface area contributed by atoms with Crippen molar-refractivity contribution < 1.29 is 0 Å². The van der Waals surface area contributed by atoms with Gasteiger partial charge in [0, 0.05) is 39.5 Å². The molecular formula is C66H78N2. The first-order chi connectivity index (χ1) is 33.7. The molecule has 5 fully saturated rings. The van der Waals surface area contributed by atoms with Crippen molar-refractivity contribution in [2.45, 2.75) is 190 Å². The highest BCUT2D eigenvalue weighted by Crippen LogP contribution is 2.49. The zero-order valence-corrected chi connectivity index (χ0v) is 41.2. The smallest absolute Gasteiger partial charge is 0.0464 e. The Morgan fingerprint density at radius 3 is 0.809 bits per heavy atom. The minimum absolute atomic E-state index is 0.00539. The van der Waals surface area contributed by atoms with Crippen LogP contribution in [-0.2, 0) is 5.41 Å². The number of hydrogen-bond donors (Lipinski definition) is 0. The van der Waals surface area contributed by atoms with E-state index in [0.29, 0.717) is 23.7 Å². The molecule has 0 heterocycles. The lowest BCUT2D eigenvalue weighted by atomic mass is 9.65. The molecule has 0 bridgehead atoms. The second kappa shape index (κ2) is 21.3. The summed E-state index contributed by atoms with van der Waals surface area (Å²) in [6.07, 6.45) is 33.2. The van der Waals surface area contributed by atoms with Crippen LogP contribution in [0.4, 0.5) is 34.1 Å². The zero-order chi connectivity index (χ0) is 45.5. The summed E-state index contributed by atoms with van der Waals surface area (Å²) in [7, 11) is 0. The average molecular weight is 899 g/mol. The summed E-state index contributed by atoms with van der Waals surface area (Å²) in [5.74, 6) is 2.68. The van der Waals surface area contributed by atoms with Gasteiger partial charge < -0.3 is 9.80 Å². The molecule has 68 heavy (non-hydrogen) atoms. The van der Waals surface area contributed by atoms with Gasteiger partial charge in [0.15, 0.2) is 0 Å². The van der Waals surface area contributed by atoms with Gasteiger partial charge in [0.1, 0.15) is 0 Å². The third kappa shape index (κ3) is 9.86. The fraction of sp³-hybridized carbons (Fsp3) is 0.455. The molecule has 6 aromatic carbocycles. The van der Waals surface area contributed by atoms with E-state index in [-0.39, 0.29) is 5.41 Å². The Morgan fingerprint density at radius 2 is 0.529 bits per heavy atom. The van der Waals surface area contributed by atoms with Gasteiger partial charge in [-0.15, -0.1) is 0 Å². The van der Waals surface area contributed by atoms with Gasteiger partial charge in [-0.3, -0.25) is 0 Å². The summed E-state index contributed by atoms with van der Waals surface area (Å²) in [5.41, 5.74) is 16.7. The Kier molecular flexibility index (Phi) is 14.2. The van der Waals surface area contributed by atoms with Crippen molar-refractivity contribution >= 4 is 34.1 Å². The standard InChI is InChI=1S/C66H78N2/c1-6-20-50(21-7-1)54-28-16-32-62(46-54)67(63-33-17-29-55(47-63)51-22-8-2-9-23-51)60-40-36-58(37-41-60)66(44-14-5-15-45-66)59-38-42-61(43-39-59)68(64-34-18-30-56(48-64)52-24-10-3-11-25-52)65-35-19-31-57(49-65)53-26-12-4-13-27-53/h16-19,28-43,46-53H,1-15,20-27,44-45H2. The van der Waals surface area contributed by atoms with E-state index in [4.69, 9.17) is 0 Å². The van der Waals surface area contributed by atoms with Gasteiger partial charge in [0.25, 0.3) is 0 Å². The Morgan fingerprint density at radius 1 is 0.265 bits per heavy atom. The minimum Gasteiger partial charge on any atom is -0.310 e. The Labute approximate surface area is 410 Å². The van der Waals surface area contributed by atoms with Gasteiger partial charge in [-0.05, 0) is 194 Å². The highest BCUT2D eigenvalue weighted by molar-refractivity contribution is 5.79. The maximum atomic E-state index is 2.58. The molecule has 352 valence electrons. The minimum atomic E-state index is -0.00539. The van der Waals surface area contributed by atoms with E-state index in [9.17, 15) is 0 Å². The van der Waals surface area contributed by atoms with Gasteiger partial charge in [-0.25, -0.2) is 0 Å². The Balaban J connectivity index is 0.942. The average Bonchev–Trinajstić information content (AvgIpc) is 3.43. The van der Waals surface area contributed by atoms with Crippen molar-refractivity contribution in [3.63, 3.8) is 0 Å². The van der Waals surface area contributed by atoms with Crippen LogP contribution in [0.2, 0.25) is 0 Å². The number of benzene rings is 6. The van der Waals surface area contributed by atoms with Crippen molar-refractivity contribution in [1.82, 2.24) is 0 Å². The molecular weight excluding hydrogens is 821 g/mol. The van der Waals surface area contributed by atoms with E-state index in [1.165, 1.54) is 228 Å². The van der Waals surface area contributed by atoms with Crippen molar-refractivity contribution in [1.29, 1.82) is 0 Å². The molecule has 0 spiro atoms. The fourth-order valence-electron chi connectivity index (χ4n) is 14.1. The van der Waals surface area contributed by atoms with Crippen molar-refractivity contribution in [2.75, 3.05) is 9.80 Å². The molecule has 0 atom stereocenters. The van der Waals surface area contributed by atoms with Crippen LogP contribution in [0.5, 0.6) is 0 Å². The zero-order valence-electron chi connectivity index (χ0n) is 41.2. The summed E-state index contributed by atoms with van der Waals surface area (Å²) in [4.78, 5) is 5.15. The van der Waals surface area contributed by atoms with E-state index in [2.05, 4.69) is 155 Å². The number of anilines is 6. The maximum Gasteiger partial charge on any atom is 0.0464 e. The molecule has 0 radical (unpaired) electrons. The summed E-state index contributed by atoms with van der Waals surface area (Å²) in [6, 6.07) is 58.4. The highest BCUT2D eigenvalue weighted by Gasteiger charge is 2.36. The summed E-state index contributed by atoms with van der Waals surface area (Å²) < 4.78 is 0. The van der Waals surface area contributed by atoms with Crippen LogP contribution < -0.4 is 9.80 Å². The Bertz CT molecular complexity index is 2240. The Hall–Kier alpha value is -5.08. The maximum absolute atomic E-state index is 2.58. The van der Waals surface area contributed by atoms with Gasteiger partial charge in [-0.2, -0.15) is 0 Å². The molecule has 0 aliphatic heterocycles. The lowest BCUT2D eigenvalue weighted by molar-refractivity contribution is 0.346. The number of hydrogen-bond acceptors (Lipinski definition) is 2. The van der Waals surface area contributed by atoms with Gasteiger partial charge >= 0.3 is 0 Å². The molecule has 5 aliphatic carbocycles. The topological polar surface area (TPSA) is 6.48 Å². The van der Waals surface area contributed by atoms with E-state index in [1.807, 2.05) is 0 Å². The molecule has 5 saturated carbocycles. The number of rotatable bonds is 12. The number of nitrogens with zero attached hydrogens (tertiary/aromatic N) is 2. The monoisotopic (exact) mass is 899 g/mol. The van der Waals surface area contributed by atoms with E-state index in [1.54, 1.807) is 0 Å². The molecule has 11 rings (SSSR count). The predicted molar refractivity (Wildman–Crippen MR) is 289 cm³/mol. The fourth-order valence-corrected chi connectivity index (χ4v) is 14.1. The van der Waals surface area contributed by atoms with Crippen LogP contribution in [0.25, 0.3) is 0 Å². The largest absolute Gasteiger partial charge is 0.310 e. The third-order valence-corrected chi connectivity index (χ3v) is 17.9. The summed E-state index contributed by atoms with van der Waals surface area (Å²) in [6.45, 7) is 0. The van der Waals surface area contributed by atoms with Crippen LogP contribution in [0.3, 0.4) is 0 Å². The lowest BCUT2D eigenvalue weighted by Gasteiger charge is -2.39.